The van der Waals surface area contributed by atoms with Crippen LogP contribution in [0, 0.1) is 29.5 Å². The van der Waals surface area contributed by atoms with E-state index in [1.165, 1.54) is 18.2 Å². The van der Waals surface area contributed by atoms with E-state index in [1.807, 2.05) is 26.8 Å². The molecule has 5 rings (SSSR count). The molecule has 7 nitrogen and oxygen atoms in total. The second kappa shape index (κ2) is 9.09. The van der Waals surface area contributed by atoms with Gasteiger partial charge < -0.3 is 20.3 Å². The van der Waals surface area contributed by atoms with Crippen LogP contribution < -0.4 is 10.6 Å². The van der Waals surface area contributed by atoms with E-state index in [9.17, 15) is 18.8 Å². The van der Waals surface area contributed by atoms with Crippen molar-refractivity contribution in [2.45, 2.75) is 83.2 Å². The lowest BCUT2D eigenvalue weighted by atomic mass is 9.73. The van der Waals surface area contributed by atoms with E-state index in [4.69, 9.17) is 16.3 Å². The number of carbonyl (C=O) groups excluding carboxylic acids is 3. The average Bonchev–Trinajstić information content (AvgIpc) is 3.46. The van der Waals surface area contributed by atoms with Gasteiger partial charge in [-0.05, 0) is 57.2 Å². The third-order valence-corrected chi connectivity index (χ3v) is 9.06. The molecule has 0 unspecified atom stereocenters. The summed E-state index contributed by atoms with van der Waals surface area (Å²) in [4.78, 5) is 43.0. The van der Waals surface area contributed by atoms with Crippen LogP contribution in [0.4, 0.5) is 10.1 Å². The van der Waals surface area contributed by atoms with E-state index >= 15 is 0 Å². The van der Waals surface area contributed by atoms with Crippen LogP contribution >= 0.6 is 11.6 Å². The summed E-state index contributed by atoms with van der Waals surface area (Å²) in [7, 11) is 0. The van der Waals surface area contributed by atoms with Gasteiger partial charge in [0.2, 0.25) is 17.7 Å². The lowest BCUT2D eigenvalue weighted by Gasteiger charge is -2.41. The fraction of sp³-hybridized carbons (Fsp3) is 0.607. The summed E-state index contributed by atoms with van der Waals surface area (Å²) in [6, 6.07) is 3.04. The van der Waals surface area contributed by atoms with E-state index in [-0.39, 0.29) is 22.9 Å². The van der Waals surface area contributed by atoms with Crippen LogP contribution in [0.15, 0.2) is 30.4 Å². The Morgan fingerprint density at radius 3 is 2.59 bits per heavy atom. The summed E-state index contributed by atoms with van der Waals surface area (Å²) >= 11 is 5.89. The number of rotatable bonds is 4. The molecule has 4 aliphatic rings. The molecule has 37 heavy (non-hydrogen) atoms. The lowest BCUT2D eigenvalue weighted by molar-refractivity contribution is -0.147. The van der Waals surface area contributed by atoms with Crippen molar-refractivity contribution >= 4 is 35.0 Å². The molecule has 2 N–H and O–H groups in total. The summed E-state index contributed by atoms with van der Waals surface area (Å²) in [5.74, 6) is -2.40. The number of hydrogen-bond acceptors (Lipinski definition) is 4. The highest BCUT2D eigenvalue weighted by atomic mass is 35.5. The molecule has 1 saturated carbocycles. The number of carbonyl (C=O) groups is 3. The molecule has 9 heteroatoms. The van der Waals surface area contributed by atoms with Gasteiger partial charge in [-0.2, -0.15) is 0 Å². The van der Waals surface area contributed by atoms with Crippen molar-refractivity contribution in [1.29, 1.82) is 0 Å². The van der Waals surface area contributed by atoms with Crippen LogP contribution in [0.5, 0.6) is 0 Å². The van der Waals surface area contributed by atoms with Gasteiger partial charge in [-0.25, -0.2) is 4.39 Å². The minimum absolute atomic E-state index is 0.0218. The maximum Gasteiger partial charge on any atom is 0.246 e. The minimum Gasteiger partial charge on any atom is -0.359 e. The first-order chi connectivity index (χ1) is 17.3. The van der Waals surface area contributed by atoms with Gasteiger partial charge in [-0.15, -0.1) is 0 Å². The number of benzene rings is 1. The number of anilines is 1. The van der Waals surface area contributed by atoms with Gasteiger partial charge in [0.05, 0.1) is 23.0 Å². The number of nitrogens with one attached hydrogen (secondary N) is 2. The van der Waals surface area contributed by atoms with Crippen LogP contribution in [0.25, 0.3) is 0 Å². The largest absolute Gasteiger partial charge is 0.359 e. The van der Waals surface area contributed by atoms with Crippen LogP contribution in [-0.4, -0.2) is 51.9 Å². The SMILES string of the molecule is C[C@H]1[C@H](C)CCC[C@@H]1NC(=O)[C@@H]1N(C(C)(C)C)C(=O)[C@H]2[C@@H](C(=O)Nc3ccc(F)c(Cl)c3)[C@H]3C=C[C@@]12O3. The standard InChI is InChI=1S/C28H35ClFN3O4/c1-14-7-6-8-19(15(14)2)32-25(35)23-28-12-11-20(37-28)21(22(28)26(36)33(23)27(3,4)5)24(34)31-16-9-10-18(30)17(29)13-16/h9-15,19-23H,6-8H2,1-5H3,(H,31,34)(H,32,35)/t14-,15+,19+,20-,21+,22-,23+,28+/m1/s1. The normalized spacial score (nSPS) is 36.6. The third-order valence-electron chi connectivity index (χ3n) is 8.77. The van der Waals surface area contributed by atoms with Gasteiger partial charge in [-0.1, -0.05) is 50.4 Å². The van der Waals surface area contributed by atoms with Crippen molar-refractivity contribution in [3.8, 4) is 0 Å². The lowest BCUT2D eigenvalue weighted by Crippen LogP contribution is -2.61. The Bertz CT molecular complexity index is 1170. The molecule has 3 fully saturated rings. The van der Waals surface area contributed by atoms with Crippen LogP contribution in [0.3, 0.4) is 0 Å². The highest BCUT2D eigenvalue weighted by Crippen LogP contribution is 2.56. The number of hydrogen-bond donors (Lipinski definition) is 2. The molecule has 1 aliphatic carbocycles. The van der Waals surface area contributed by atoms with Gasteiger partial charge in [0, 0.05) is 17.3 Å². The predicted molar refractivity (Wildman–Crippen MR) is 138 cm³/mol. The van der Waals surface area contributed by atoms with Crippen molar-refractivity contribution < 1.29 is 23.5 Å². The fourth-order valence-corrected chi connectivity index (χ4v) is 6.92. The van der Waals surface area contributed by atoms with Gasteiger partial charge in [-0.3, -0.25) is 14.4 Å². The summed E-state index contributed by atoms with van der Waals surface area (Å²) < 4.78 is 20.0. The number of amides is 3. The molecule has 3 heterocycles. The van der Waals surface area contributed by atoms with E-state index in [1.54, 1.807) is 11.0 Å². The quantitative estimate of drug-likeness (QED) is 0.567. The summed E-state index contributed by atoms with van der Waals surface area (Å²) in [6.45, 7) is 10.0. The van der Waals surface area contributed by atoms with Gasteiger partial charge >= 0.3 is 0 Å². The molecule has 0 radical (unpaired) electrons. The Labute approximate surface area is 222 Å². The van der Waals surface area contributed by atoms with Crippen LogP contribution in [0.1, 0.15) is 53.9 Å². The summed E-state index contributed by atoms with van der Waals surface area (Å²) in [5, 5.41) is 5.90. The van der Waals surface area contributed by atoms with Crippen molar-refractivity contribution in [2.75, 3.05) is 5.32 Å². The second-order valence-corrected chi connectivity index (χ2v) is 12.5. The molecule has 1 spiro atoms. The first-order valence-electron chi connectivity index (χ1n) is 13.1. The van der Waals surface area contributed by atoms with Gasteiger partial charge in [0.25, 0.3) is 0 Å². The van der Waals surface area contributed by atoms with Crippen molar-refractivity contribution in [1.82, 2.24) is 10.2 Å². The molecule has 8 atom stereocenters. The summed E-state index contributed by atoms with van der Waals surface area (Å²) in [5.41, 5.74) is -1.58. The average molecular weight is 532 g/mol. The monoisotopic (exact) mass is 531 g/mol. The highest BCUT2D eigenvalue weighted by Gasteiger charge is 2.74. The van der Waals surface area contributed by atoms with Crippen molar-refractivity contribution in [3.05, 3.63) is 41.2 Å². The zero-order valence-electron chi connectivity index (χ0n) is 21.9. The Kier molecular flexibility index (Phi) is 6.43. The van der Waals surface area contributed by atoms with Crippen molar-refractivity contribution in [2.24, 2.45) is 23.7 Å². The minimum atomic E-state index is -1.23. The highest BCUT2D eigenvalue weighted by molar-refractivity contribution is 6.31. The topological polar surface area (TPSA) is 87.7 Å². The van der Waals surface area contributed by atoms with Gasteiger partial charge in [0.15, 0.2) is 0 Å². The summed E-state index contributed by atoms with van der Waals surface area (Å²) in [6.07, 6.45) is 6.03. The Hall–Kier alpha value is -2.45. The molecule has 2 saturated heterocycles. The smallest absolute Gasteiger partial charge is 0.246 e. The fourth-order valence-electron chi connectivity index (χ4n) is 6.74. The Morgan fingerprint density at radius 2 is 1.92 bits per heavy atom. The maximum absolute atomic E-state index is 14.0. The first kappa shape index (κ1) is 26.2. The van der Waals surface area contributed by atoms with Crippen LogP contribution in [-0.2, 0) is 19.1 Å². The number of fused-ring (bicyclic) bond motifs is 1. The molecule has 0 aromatic heterocycles. The maximum atomic E-state index is 14.0. The number of nitrogens with zero attached hydrogens (tertiary/aromatic N) is 1. The van der Waals surface area contributed by atoms with E-state index in [2.05, 4.69) is 24.5 Å². The number of halogens is 2. The number of likely N-dealkylation sites (tertiary alicyclic amines) is 1. The third kappa shape index (κ3) is 4.16. The molecule has 200 valence electrons. The zero-order valence-corrected chi connectivity index (χ0v) is 22.6. The van der Waals surface area contributed by atoms with E-state index in [0.717, 1.165) is 19.3 Å². The molecule has 3 amide bonds. The number of ether oxygens (including phenoxy) is 1. The zero-order chi connectivity index (χ0) is 26.9. The molecule has 2 bridgehead atoms. The Morgan fingerprint density at radius 1 is 1.19 bits per heavy atom. The molecule has 1 aromatic rings. The second-order valence-electron chi connectivity index (χ2n) is 12.1. The van der Waals surface area contributed by atoms with Crippen molar-refractivity contribution in [3.63, 3.8) is 0 Å². The Balaban J connectivity index is 1.46. The van der Waals surface area contributed by atoms with Crippen LogP contribution in [0.2, 0.25) is 5.02 Å². The van der Waals surface area contributed by atoms with E-state index in [0.29, 0.717) is 17.5 Å². The molecular weight excluding hydrogens is 497 g/mol. The van der Waals surface area contributed by atoms with E-state index < -0.39 is 46.8 Å². The molecular formula is C28H35ClFN3O4. The first-order valence-corrected chi connectivity index (χ1v) is 13.5. The van der Waals surface area contributed by atoms with Gasteiger partial charge in [0.1, 0.15) is 17.5 Å². The predicted octanol–water partition coefficient (Wildman–Crippen LogP) is 4.31. The molecule has 3 aliphatic heterocycles. The molecule has 1 aromatic carbocycles.